The van der Waals surface area contributed by atoms with Gasteiger partial charge in [-0.1, -0.05) is 48.5 Å². The number of aliphatic carboxylic acids is 2. The van der Waals surface area contributed by atoms with Crippen LogP contribution in [0.5, 0.6) is 0 Å². The number of nitrogens with zero attached hydrogens (tertiary/aromatic N) is 1. The number of rotatable bonds is 8. The van der Waals surface area contributed by atoms with Crippen molar-refractivity contribution >= 4 is 17.7 Å². The molecule has 2 aromatic carbocycles. The second-order valence-corrected chi connectivity index (χ2v) is 7.50. The number of carboxylic acid groups (broad SMARTS) is 2. The van der Waals surface area contributed by atoms with Gasteiger partial charge in [0.1, 0.15) is 0 Å². The first kappa shape index (κ1) is 21.9. The molecular weight excluding hydrogens is 394 g/mol. The number of aryl methyl sites for hydroxylation is 2. The number of carboxylic acids is 2. The van der Waals surface area contributed by atoms with Gasteiger partial charge in [0.2, 0.25) is 0 Å². The summed E-state index contributed by atoms with van der Waals surface area (Å²) in [6.45, 7) is 3.80. The van der Waals surface area contributed by atoms with Crippen molar-refractivity contribution in [3.63, 3.8) is 0 Å². The largest absolute Gasteiger partial charge is 0.480 e. The average molecular weight is 417 g/mol. The molecule has 1 atom stereocenters. The number of ketones is 1. The lowest BCUT2D eigenvalue weighted by Gasteiger charge is -2.20. The summed E-state index contributed by atoms with van der Waals surface area (Å²) in [4.78, 5) is 39.8. The van der Waals surface area contributed by atoms with Gasteiger partial charge >= 0.3 is 11.9 Å². The summed E-state index contributed by atoms with van der Waals surface area (Å²) in [5.74, 6) is -4.76. The van der Waals surface area contributed by atoms with Crippen LogP contribution in [0.15, 0.2) is 66.9 Å². The third-order valence-corrected chi connectivity index (χ3v) is 5.34. The summed E-state index contributed by atoms with van der Waals surface area (Å²) in [5.41, 5.74) is 4.36. The summed E-state index contributed by atoms with van der Waals surface area (Å²) in [6.07, 6.45) is 1.83. The summed E-state index contributed by atoms with van der Waals surface area (Å²) < 4.78 is 0. The minimum absolute atomic E-state index is 0.0308. The fourth-order valence-corrected chi connectivity index (χ4v) is 3.72. The quantitative estimate of drug-likeness (QED) is 0.417. The summed E-state index contributed by atoms with van der Waals surface area (Å²) in [5, 5.41) is 18.5. The van der Waals surface area contributed by atoms with Gasteiger partial charge in [0.25, 0.3) is 0 Å². The minimum atomic E-state index is -1.63. The minimum Gasteiger partial charge on any atom is -0.480 e. The average Bonchev–Trinajstić information content (AvgIpc) is 2.73. The molecule has 158 valence electrons. The molecule has 1 aromatic heterocycles. The second-order valence-electron chi connectivity index (χ2n) is 7.50. The first-order chi connectivity index (χ1) is 14.8. The van der Waals surface area contributed by atoms with E-state index in [1.165, 1.54) is 12.1 Å². The maximum atomic E-state index is 13.0. The lowest BCUT2D eigenvalue weighted by Crippen LogP contribution is -2.21. The molecule has 0 amide bonds. The summed E-state index contributed by atoms with van der Waals surface area (Å²) >= 11 is 0. The molecule has 1 heterocycles. The fourth-order valence-electron chi connectivity index (χ4n) is 3.72. The van der Waals surface area contributed by atoms with Crippen molar-refractivity contribution in [2.45, 2.75) is 32.1 Å². The van der Waals surface area contributed by atoms with Crippen LogP contribution in [0.4, 0.5) is 0 Å². The van der Waals surface area contributed by atoms with Gasteiger partial charge < -0.3 is 10.2 Å². The molecule has 0 saturated heterocycles. The molecule has 0 spiro atoms. The highest BCUT2D eigenvalue weighted by Gasteiger charge is 2.28. The van der Waals surface area contributed by atoms with E-state index in [1.54, 1.807) is 30.5 Å². The van der Waals surface area contributed by atoms with Crippen LogP contribution in [0.1, 0.15) is 56.6 Å². The number of carbonyl (C=O) groups excluding carboxylic acids is 1. The molecule has 0 aliphatic heterocycles. The summed E-state index contributed by atoms with van der Waals surface area (Å²) in [6, 6.07) is 17.7. The molecule has 0 unspecified atom stereocenters. The molecule has 0 radical (unpaired) electrons. The van der Waals surface area contributed by atoms with E-state index < -0.39 is 17.9 Å². The Morgan fingerprint density at radius 1 is 0.871 bits per heavy atom. The molecular formula is C25H23NO5. The molecule has 0 bridgehead atoms. The van der Waals surface area contributed by atoms with Gasteiger partial charge in [-0.2, -0.15) is 0 Å². The van der Waals surface area contributed by atoms with Gasteiger partial charge in [-0.3, -0.25) is 19.4 Å². The number of pyridine rings is 1. The zero-order chi connectivity index (χ0) is 22.5. The predicted octanol–water partition coefficient (Wildman–Crippen LogP) is 4.36. The first-order valence-electron chi connectivity index (χ1n) is 9.84. The van der Waals surface area contributed by atoms with Gasteiger partial charge in [-0.05, 0) is 48.2 Å². The Bertz CT molecular complexity index is 1110. The number of hydrogen-bond donors (Lipinski definition) is 2. The third-order valence-electron chi connectivity index (χ3n) is 5.34. The van der Waals surface area contributed by atoms with Crippen molar-refractivity contribution in [2.75, 3.05) is 0 Å². The molecule has 0 aliphatic carbocycles. The number of benzene rings is 2. The van der Waals surface area contributed by atoms with E-state index >= 15 is 0 Å². The van der Waals surface area contributed by atoms with Crippen molar-refractivity contribution in [3.05, 3.63) is 100 Å². The Balaban J connectivity index is 1.99. The van der Waals surface area contributed by atoms with Crippen LogP contribution in [0.3, 0.4) is 0 Å². The smallest absolute Gasteiger partial charge is 0.322 e. The Morgan fingerprint density at radius 3 is 2.06 bits per heavy atom. The Labute approximate surface area is 180 Å². The Kier molecular flexibility index (Phi) is 6.60. The number of Topliss-reactive ketones (excluding diaryl/α,β-unsaturated/α-hetero) is 1. The van der Waals surface area contributed by atoms with E-state index in [0.717, 1.165) is 22.4 Å². The lowest BCUT2D eigenvalue weighted by molar-refractivity contribution is -0.150. The van der Waals surface area contributed by atoms with Crippen molar-refractivity contribution in [1.82, 2.24) is 4.98 Å². The standard InChI is InChI=1S/C25H23NO5/c1-15-5-3-4-6-20(15)21(14-22(27)19-11-12-26-16(2)13-19)17-7-9-18(10-8-17)23(24(28)29)25(30)31/h3-13,21,23H,14H2,1-2H3,(H,28,29)(H,30,31)/t21-/m0/s1. The van der Waals surface area contributed by atoms with E-state index in [1.807, 2.05) is 38.1 Å². The van der Waals surface area contributed by atoms with Crippen LogP contribution in [-0.4, -0.2) is 32.9 Å². The van der Waals surface area contributed by atoms with Crippen molar-refractivity contribution < 1.29 is 24.6 Å². The van der Waals surface area contributed by atoms with Crippen LogP contribution in [0, 0.1) is 13.8 Å². The first-order valence-corrected chi connectivity index (χ1v) is 9.84. The number of carbonyl (C=O) groups is 3. The van der Waals surface area contributed by atoms with E-state index in [0.29, 0.717) is 5.56 Å². The van der Waals surface area contributed by atoms with Crippen LogP contribution in [0.2, 0.25) is 0 Å². The van der Waals surface area contributed by atoms with Crippen molar-refractivity contribution in [2.24, 2.45) is 0 Å². The van der Waals surface area contributed by atoms with E-state index in [-0.39, 0.29) is 23.7 Å². The Morgan fingerprint density at radius 2 is 1.48 bits per heavy atom. The fraction of sp³-hybridized carbons (Fsp3) is 0.200. The van der Waals surface area contributed by atoms with Crippen molar-refractivity contribution in [1.29, 1.82) is 0 Å². The molecule has 6 nitrogen and oxygen atoms in total. The molecule has 0 fully saturated rings. The van der Waals surface area contributed by atoms with Gasteiger partial charge in [0.05, 0.1) is 0 Å². The zero-order valence-electron chi connectivity index (χ0n) is 17.3. The number of hydrogen-bond acceptors (Lipinski definition) is 4. The van der Waals surface area contributed by atoms with Crippen LogP contribution in [-0.2, 0) is 9.59 Å². The van der Waals surface area contributed by atoms with Gasteiger partial charge in [0.15, 0.2) is 11.7 Å². The van der Waals surface area contributed by atoms with Crippen LogP contribution < -0.4 is 0 Å². The molecule has 0 aliphatic rings. The maximum absolute atomic E-state index is 13.0. The van der Waals surface area contributed by atoms with E-state index in [9.17, 15) is 24.6 Å². The molecule has 0 saturated carbocycles. The highest BCUT2D eigenvalue weighted by molar-refractivity contribution is 5.99. The van der Waals surface area contributed by atoms with Gasteiger partial charge in [0, 0.05) is 29.8 Å². The Hall–Kier alpha value is -3.80. The second kappa shape index (κ2) is 9.34. The van der Waals surface area contributed by atoms with Gasteiger partial charge in [-0.15, -0.1) is 0 Å². The summed E-state index contributed by atoms with van der Waals surface area (Å²) in [7, 11) is 0. The zero-order valence-corrected chi connectivity index (χ0v) is 17.3. The van der Waals surface area contributed by atoms with E-state index in [4.69, 9.17) is 0 Å². The topological polar surface area (TPSA) is 105 Å². The maximum Gasteiger partial charge on any atom is 0.322 e. The van der Waals surface area contributed by atoms with E-state index in [2.05, 4.69) is 4.98 Å². The van der Waals surface area contributed by atoms with Gasteiger partial charge in [-0.25, -0.2) is 0 Å². The molecule has 3 rings (SSSR count). The SMILES string of the molecule is Cc1cc(C(=O)C[C@@H](c2ccc(C(C(=O)O)C(=O)O)cc2)c2ccccc2C)ccn1. The molecule has 3 aromatic rings. The molecule has 2 N–H and O–H groups in total. The van der Waals surface area contributed by atoms with Crippen LogP contribution in [0.25, 0.3) is 0 Å². The predicted molar refractivity (Wildman–Crippen MR) is 115 cm³/mol. The lowest BCUT2D eigenvalue weighted by atomic mass is 9.83. The molecule has 31 heavy (non-hydrogen) atoms. The van der Waals surface area contributed by atoms with Crippen molar-refractivity contribution in [3.8, 4) is 0 Å². The highest BCUT2D eigenvalue weighted by atomic mass is 16.4. The number of aromatic nitrogens is 1. The molecule has 6 heteroatoms. The van der Waals surface area contributed by atoms with Crippen LogP contribution >= 0.6 is 0 Å². The normalized spacial score (nSPS) is 11.8. The monoisotopic (exact) mass is 417 g/mol. The third kappa shape index (κ3) is 5.04. The highest BCUT2D eigenvalue weighted by Crippen LogP contribution is 2.32.